The summed E-state index contributed by atoms with van der Waals surface area (Å²) < 4.78 is 1.81. The molecule has 0 bridgehead atoms. The first-order valence-corrected chi connectivity index (χ1v) is 5.93. The minimum Gasteiger partial charge on any atom is -0.376 e. The maximum atomic E-state index is 8.78. The summed E-state index contributed by atoms with van der Waals surface area (Å²) in [7, 11) is 1.90. The molecule has 2 rings (SSSR count). The Bertz CT molecular complexity index is 597. The predicted octanol–water partition coefficient (Wildman–Crippen LogP) is 3.12. The van der Waals surface area contributed by atoms with Crippen LogP contribution in [0.1, 0.15) is 24.2 Å². The molecule has 0 spiro atoms. The topological polar surface area (TPSA) is 53.6 Å². The van der Waals surface area contributed by atoms with Crippen molar-refractivity contribution >= 4 is 17.3 Å². The van der Waals surface area contributed by atoms with E-state index >= 15 is 0 Å². The van der Waals surface area contributed by atoms with E-state index in [1.807, 2.05) is 30.8 Å². The molecule has 0 aliphatic carbocycles. The lowest BCUT2D eigenvalue weighted by Gasteiger charge is -2.16. The second-order valence-corrected chi connectivity index (χ2v) is 4.46. The SMILES string of the molecule is CC(Nc1ccc(C#N)cc1Cl)c1ccnn1C. The van der Waals surface area contributed by atoms with Gasteiger partial charge in [0, 0.05) is 13.2 Å². The van der Waals surface area contributed by atoms with E-state index in [0.717, 1.165) is 11.4 Å². The first-order chi connectivity index (χ1) is 8.61. The largest absolute Gasteiger partial charge is 0.376 e. The number of nitrogens with one attached hydrogen (secondary N) is 1. The molecule has 0 aliphatic heterocycles. The van der Waals surface area contributed by atoms with Gasteiger partial charge < -0.3 is 5.32 Å². The highest BCUT2D eigenvalue weighted by molar-refractivity contribution is 6.33. The first kappa shape index (κ1) is 12.5. The second-order valence-electron chi connectivity index (χ2n) is 4.05. The lowest BCUT2D eigenvalue weighted by Crippen LogP contribution is -2.11. The second kappa shape index (κ2) is 5.11. The summed E-state index contributed by atoms with van der Waals surface area (Å²) >= 11 is 6.12. The molecular weight excluding hydrogens is 248 g/mol. The molecule has 1 atom stereocenters. The quantitative estimate of drug-likeness (QED) is 0.923. The van der Waals surface area contributed by atoms with Crippen LogP contribution in [0.4, 0.5) is 5.69 Å². The maximum Gasteiger partial charge on any atom is 0.0992 e. The molecule has 18 heavy (non-hydrogen) atoms. The highest BCUT2D eigenvalue weighted by Crippen LogP contribution is 2.26. The van der Waals surface area contributed by atoms with Crippen molar-refractivity contribution in [3.8, 4) is 6.07 Å². The zero-order chi connectivity index (χ0) is 13.1. The number of anilines is 1. The zero-order valence-electron chi connectivity index (χ0n) is 10.2. The monoisotopic (exact) mass is 260 g/mol. The summed E-state index contributed by atoms with van der Waals surface area (Å²) in [5.74, 6) is 0. The van der Waals surface area contributed by atoms with E-state index in [2.05, 4.69) is 16.5 Å². The Balaban J connectivity index is 2.20. The fourth-order valence-electron chi connectivity index (χ4n) is 1.82. The Morgan fingerprint density at radius 3 is 2.78 bits per heavy atom. The van der Waals surface area contributed by atoms with Crippen LogP contribution in [0.3, 0.4) is 0 Å². The number of hydrogen-bond donors (Lipinski definition) is 1. The standard InChI is InChI=1S/C13H13ClN4/c1-9(13-5-6-16-18(13)2)17-12-4-3-10(8-15)7-11(12)14/h3-7,9,17H,1-2H3. The van der Waals surface area contributed by atoms with Gasteiger partial charge in [-0.3, -0.25) is 4.68 Å². The van der Waals surface area contributed by atoms with Gasteiger partial charge in [-0.2, -0.15) is 10.4 Å². The molecule has 1 N–H and O–H groups in total. The van der Waals surface area contributed by atoms with Gasteiger partial charge in [-0.15, -0.1) is 0 Å². The minimum absolute atomic E-state index is 0.0861. The van der Waals surface area contributed by atoms with Crippen LogP contribution in [-0.4, -0.2) is 9.78 Å². The smallest absolute Gasteiger partial charge is 0.0992 e. The fourth-order valence-corrected chi connectivity index (χ4v) is 2.05. The molecule has 0 amide bonds. The van der Waals surface area contributed by atoms with Gasteiger partial charge in [-0.05, 0) is 31.2 Å². The zero-order valence-corrected chi connectivity index (χ0v) is 10.9. The summed E-state index contributed by atoms with van der Waals surface area (Å²) in [6, 6.07) is 9.30. The third-order valence-electron chi connectivity index (χ3n) is 2.77. The molecule has 1 aromatic heterocycles. The van der Waals surface area contributed by atoms with Gasteiger partial charge in [0.05, 0.1) is 34.1 Å². The van der Waals surface area contributed by atoms with Gasteiger partial charge in [0.2, 0.25) is 0 Å². The molecule has 1 heterocycles. The molecule has 2 aromatic rings. The van der Waals surface area contributed by atoms with Gasteiger partial charge in [0.25, 0.3) is 0 Å². The van der Waals surface area contributed by atoms with Crippen LogP contribution in [0.15, 0.2) is 30.5 Å². The first-order valence-electron chi connectivity index (χ1n) is 5.56. The highest BCUT2D eigenvalue weighted by atomic mass is 35.5. The summed E-state index contributed by atoms with van der Waals surface area (Å²) in [5, 5.41) is 16.8. The van der Waals surface area contributed by atoms with Crippen molar-refractivity contribution in [2.45, 2.75) is 13.0 Å². The Hall–Kier alpha value is -1.99. The Labute approximate surface area is 111 Å². The Kier molecular flexibility index (Phi) is 3.54. The predicted molar refractivity (Wildman–Crippen MR) is 71.4 cm³/mol. The molecule has 0 aliphatic rings. The van der Waals surface area contributed by atoms with E-state index in [1.165, 1.54) is 0 Å². The van der Waals surface area contributed by atoms with E-state index in [0.29, 0.717) is 10.6 Å². The third kappa shape index (κ3) is 2.47. The molecule has 1 unspecified atom stereocenters. The number of halogens is 1. The molecule has 92 valence electrons. The molecule has 0 saturated heterocycles. The fraction of sp³-hybridized carbons (Fsp3) is 0.231. The Morgan fingerprint density at radius 1 is 1.44 bits per heavy atom. The van der Waals surface area contributed by atoms with Crippen molar-refractivity contribution in [2.24, 2.45) is 7.05 Å². The van der Waals surface area contributed by atoms with Crippen LogP contribution in [0.25, 0.3) is 0 Å². The summed E-state index contributed by atoms with van der Waals surface area (Å²) in [5.41, 5.74) is 2.43. The van der Waals surface area contributed by atoms with E-state index in [4.69, 9.17) is 16.9 Å². The molecule has 1 aromatic carbocycles. The number of nitriles is 1. The average molecular weight is 261 g/mol. The summed E-state index contributed by atoms with van der Waals surface area (Å²) in [6.07, 6.45) is 1.76. The van der Waals surface area contributed by atoms with Crippen LogP contribution in [0, 0.1) is 11.3 Å². The molecular formula is C13H13ClN4. The lowest BCUT2D eigenvalue weighted by molar-refractivity contribution is 0.676. The number of rotatable bonds is 3. The van der Waals surface area contributed by atoms with Crippen molar-refractivity contribution in [1.82, 2.24) is 9.78 Å². The van der Waals surface area contributed by atoms with E-state index in [9.17, 15) is 0 Å². The highest BCUT2D eigenvalue weighted by Gasteiger charge is 2.11. The lowest BCUT2D eigenvalue weighted by atomic mass is 10.2. The number of aryl methyl sites for hydroxylation is 1. The number of benzene rings is 1. The molecule has 4 nitrogen and oxygen atoms in total. The van der Waals surface area contributed by atoms with Crippen molar-refractivity contribution in [3.05, 3.63) is 46.7 Å². The number of aromatic nitrogens is 2. The normalized spacial score (nSPS) is 11.9. The molecule has 0 saturated carbocycles. The Morgan fingerprint density at radius 2 is 2.22 bits per heavy atom. The molecule has 0 fully saturated rings. The van der Waals surface area contributed by atoms with Crippen molar-refractivity contribution < 1.29 is 0 Å². The summed E-state index contributed by atoms with van der Waals surface area (Å²) in [4.78, 5) is 0. The maximum absolute atomic E-state index is 8.78. The van der Waals surface area contributed by atoms with E-state index in [-0.39, 0.29) is 6.04 Å². The molecule has 0 radical (unpaired) electrons. The third-order valence-corrected chi connectivity index (χ3v) is 3.09. The summed E-state index contributed by atoms with van der Waals surface area (Å²) in [6.45, 7) is 2.03. The van der Waals surface area contributed by atoms with Gasteiger partial charge >= 0.3 is 0 Å². The van der Waals surface area contributed by atoms with Crippen LogP contribution in [0.5, 0.6) is 0 Å². The minimum atomic E-state index is 0.0861. The average Bonchev–Trinajstić information content (AvgIpc) is 2.78. The van der Waals surface area contributed by atoms with Gasteiger partial charge in [0.15, 0.2) is 0 Å². The van der Waals surface area contributed by atoms with Crippen molar-refractivity contribution in [1.29, 1.82) is 5.26 Å². The van der Waals surface area contributed by atoms with Gasteiger partial charge in [-0.1, -0.05) is 11.6 Å². The van der Waals surface area contributed by atoms with E-state index < -0.39 is 0 Å². The van der Waals surface area contributed by atoms with Crippen molar-refractivity contribution in [2.75, 3.05) is 5.32 Å². The van der Waals surface area contributed by atoms with Crippen LogP contribution < -0.4 is 5.32 Å². The van der Waals surface area contributed by atoms with Crippen molar-refractivity contribution in [3.63, 3.8) is 0 Å². The number of nitrogens with zero attached hydrogens (tertiary/aromatic N) is 3. The molecule has 5 heteroatoms. The van der Waals surface area contributed by atoms with E-state index in [1.54, 1.807) is 18.3 Å². The van der Waals surface area contributed by atoms with Crippen LogP contribution in [0.2, 0.25) is 5.02 Å². The van der Waals surface area contributed by atoms with Gasteiger partial charge in [-0.25, -0.2) is 0 Å². The number of hydrogen-bond acceptors (Lipinski definition) is 3. The van der Waals surface area contributed by atoms with Gasteiger partial charge in [0.1, 0.15) is 0 Å². The van der Waals surface area contributed by atoms with Crippen LogP contribution >= 0.6 is 11.6 Å². The van der Waals surface area contributed by atoms with Crippen LogP contribution in [-0.2, 0) is 7.05 Å².